The number of carbonyl (C=O) groups is 1. The Kier molecular flexibility index (Phi) is 4.75. The molecule has 0 saturated heterocycles. The molecule has 2 aromatic carbocycles. The largest absolute Gasteiger partial charge is 0.481 e. The molecule has 3 aromatic rings. The van der Waals surface area contributed by atoms with Crippen LogP contribution in [0.15, 0.2) is 45.6 Å². The van der Waals surface area contributed by atoms with Gasteiger partial charge in [0.2, 0.25) is 5.43 Å². The van der Waals surface area contributed by atoms with Crippen LogP contribution in [0.3, 0.4) is 0 Å². The number of hydrogen-bond donors (Lipinski definition) is 1. The molecular weight excluding hydrogens is 291 g/mol. The number of carboxylic acid groups (broad SMARTS) is 1. The summed E-state index contributed by atoms with van der Waals surface area (Å²) in [6.45, 7) is 3.44. The van der Waals surface area contributed by atoms with Crippen molar-refractivity contribution in [2.75, 3.05) is 0 Å². The molecule has 0 bridgehead atoms. The van der Waals surface area contributed by atoms with E-state index in [1.807, 2.05) is 19.1 Å². The minimum absolute atomic E-state index is 0. The van der Waals surface area contributed by atoms with Gasteiger partial charge in [0.05, 0.1) is 16.7 Å². The number of fused-ring (bicyclic) bond motifs is 2. The molecule has 1 N–H and O–H groups in total. The maximum absolute atomic E-state index is 12.6. The Labute approximate surface area is 149 Å². The second-order valence-electron chi connectivity index (χ2n) is 5.17. The topological polar surface area (TPSA) is 67.5 Å². The van der Waals surface area contributed by atoms with Gasteiger partial charge in [-0.15, -0.1) is 0 Å². The van der Waals surface area contributed by atoms with Gasteiger partial charge < -0.3 is 9.52 Å². The minimum Gasteiger partial charge on any atom is -0.481 e. The maximum Gasteiger partial charge on any atom is 0.310 e. The van der Waals surface area contributed by atoms with Crippen molar-refractivity contribution in [2.45, 2.75) is 19.8 Å². The minimum atomic E-state index is -0.949. The van der Waals surface area contributed by atoms with Crippen molar-refractivity contribution in [3.05, 3.63) is 57.7 Å². The van der Waals surface area contributed by atoms with Gasteiger partial charge in [0.1, 0.15) is 11.2 Å². The molecule has 1 radical (unpaired) electrons. The second-order valence-corrected chi connectivity index (χ2v) is 5.17. The van der Waals surface area contributed by atoms with E-state index >= 15 is 0 Å². The number of rotatable bonds is 2. The summed E-state index contributed by atoms with van der Waals surface area (Å²) < 4.78 is 5.90. The molecule has 5 heteroatoms. The Bertz CT molecular complexity index is 927. The first-order chi connectivity index (χ1) is 10.0. The summed E-state index contributed by atoms with van der Waals surface area (Å²) in [6, 6.07) is 10.4. The molecule has 22 heavy (non-hydrogen) atoms. The maximum atomic E-state index is 12.6. The third-order valence-corrected chi connectivity index (χ3v) is 3.79. The first-order valence-electron chi connectivity index (χ1n) is 6.68. The van der Waals surface area contributed by atoms with Crippen LogP contribution in [-0.2, 0) is 4.79 Å². The predicted molar refractivity (Wildman–Crippen MR) is 86.5 cm³/mol. The first-order valence-corrected chi connectivity index (χ1v) is 6.68. The third-order valence-electron chi connectivity index (χ3n) is 3.79. The molecule has 0 aliphatic rings. The molecule has 0 unspecified atom stereocenters. The molecule has 0 aliphatic heterocycles. The second kappa shape index (κ2) is 6.24. The summed E-state index contributed by atoms with van der Waals surface area (Å²) in [4.78, 5) is 23.8. The van der Waals surface area contributed by atoms with E-state index in [4.69, 9.17) is 4.42 Å². The van der Waals surface area contributed by atoms with Gasteiger partial charge in [0.25, 0.3) is 0 Å². The van der Waals surface area contributed by atoms with Crippen molar-refractivity contribution in [1.82, 2.24) is 0 Å². The van der Waals surface area contributed by atoms with Crippen LogP contribution in [0, 0.1) is 6.92 Å². The van der Waals surface area contributed by atoms with Gasteiger partial charge in [-0.2, -0.15) is 0 Å². The molecule has 0 aliphatic carbocycles. The average molecular weight is 305 g/mol. The molecule has 0 spiro atoms. The quantitative estimate of drug-likeness (QED) is 0.583. The number of hydrogen-bond acceptors (Lipinski definition) is 3. The van der Waals surface area contributed by atoms with E-state index in [0.29, 0.717) is 27.5 Å². The van der Waals surface area contributed by atoms with Gasteiger partial charge in [-0.3, -0.25) is 9.59 Å². The van der Waals surface area contributed by atoms with Crippen molar-refractivity contribution in [3.63, 3.8) is 0 Å². The zero-order chi connectivity index (χ0) is 15.1. The molecule has 1 aromatic heterocycles. The Morgan fingerprint density at radius 2 is 1.68 bits per heavy atom. The SMILES string of the molecule is Cc1cccc2c(=O)c3cccc([C@@H](C)C(=O)O)c3oc12.[Na]. The van der Waals surface area contributed by atoms with Crippen molar-refractivity contribution in [3.8, 4) is 0 Å². The van der Waals surface area contributed by atoms with Gasteiger partial charge in [-0.25, -0.2) is 0 Å². The fourth-order valence-corrected chi connectivity index (χ4v) is 2.54. The first kappa shape index (κ1) is 16.7. The van der Waals surface area contributed by atoms with Gasteiger partial charge in [-0.1, -0.05) is 24.3 Å². The Balaban J connectivity index is 0.00000176. The molecule has 1 heterocycles. The summed E-state index contributed by atoms with van der Waals surface area (Å²) >= 11 is 0. The van der Waals surface area contributed by atoms with Crippen molar-refractivity contribution in [1.29, 1.82) is 0 Å². The number of para-hydroxylation sites is 2. The zero-order valence-electron chi connectivity index (χ0n) is 12.7. The van der Waals surface area contributed by atoms with Crippen LogP contribution in [0.4, 0.5) is 0 Å². The van der Waals surface area contributed by atoms with Gasteiger partial charge in [-0.05, 0) is 31.5 Å². The summed E-state index contributed by atoms with van der Waals surface area (Å²) in [6.07, 6.45) is 0. The van der Waals surface area contributed by atoms with E-state index in [-0.39, 0.29) is 35.0 Å². The number of aryl methyl sites for hydroxylation is 1. The Morgan fingerprint density at radius 3 is 2.32 bits per heavy atom. The predicted octanol–water partition coefficient (Wildman–Crippen LogP) is 3.06. The Morgan fingerprint density at radius 1 is 1.09 bits per heavy atom. The van der Waals surface area contributed by atoms with Crippen molar-refractivity contribution in [2.24, 2.45) is 0 Å². The monoisotopic (exact) mass is 305 g/mol. The smallest absolute Gasteiger partial charge is 0.310 e. The van der Waals surface area contributed by atoms with E-state index < -0.39 is 11.9 Å². The van der Waals surface area contributed by atoms with Crippen LogP contribution in [0.25, 0.3) is 21.9 Å². The molecule has 1 atom stereocenters. The fraction of sp³-hybridized carbons (Fsp3) is 0.176. The molecule has 107 valence electrons. The summed E-state index contributed by atoms with van der Waals surface area (Å²) in [5.74, 6) is -1.69. The fourth-order valence-electron chi connectivity index (χ4n) is 2.54. The van der Waals surface area contributed by atoms with Crippen molar-refractivity contribution < 1.29 is 14.3 Å². The van der Waals surface area contributed by atoms with E-state index in [1.165, 1.54) is 0 Å². The summed E-state index contributed by atoms with van der Waals surface area (Å²) in [5.41, 5.74) is 2.11. The number of carboxylic acids is 1. The van der Waals surface area contributed by atoms with Crippen LogP contribution in [0.2, 0.25) is 0 Å². The zero-order valence-corrected chi connectivity index (χ0v) is 14.7. The van der Waals surface area contributed by atoms with Crippen LogP contribution in [0.1, 0.15) is 24.0 Å². The van der Waals surface area contributed by atoms with Gasteiger partial charge >= 0.3 is 5.97 Å². The molecule has 0 saturated carbocycles. The number of aliphatic carboxylic acids is 1. The van der Waals surface area contributed by atoms with E-state index in [0.717, 1.165) is 5.56 Å². The standard InChI is InChI=1S/C17H14O4.Na/c1-9-5-3-7-12-14(18)13-8-4-6-11(10(2)17(19)20)16(13)21-15(9)12;/h3-8,10H,1-2H3,(H,19,20);/t10-;/m1./s1. The summed E-state index contributed by atoms with van der Waals surface area (Å²) in [7, 11) is 0. The molecule has 4 nitrogen and oxygen atoms in total. The molecular formula is C17H14NaO4. The van der Waals surface area contributed by atoms with E-state index in [9.17, 15) is 14.7 Å². The van der Waals surface area contributed by atoms with Crippen molar-refractivity contribution >= 4 is 57.5 Å². The van der Waals surface area contributed by atoms with E-state index in [1.54, 1.807) is 31.2 Å². The van der Waals surface area contributed by atoms with Crippen LogP contribution in [-0.4, -0.2) is 40.6 Å². The Hall–Kier alpha value is -1.62. The molecule has 3 rings (SSSR count). The number of benzene rings is 2. The average Bonchev–Trinajstić information content (AvgIpc) is 2.47. The van der Waals surface area contributed by atoms with Gasteiger partial charge in [0.15, 0.2) is 0 Å². The van der Waals surface area contributed by atoms with Crippen LogP contribution >= 0.6 is 0 Å². The summed E-state index contributed by atoms with van der Waals surface area (Å²) in [5, 5.41) is 10.1. The molecule has 0 fully saturated rings. The van der Waals surface area contributed by atoms with Gasteiger partial charge in [0, 0.05) is 35.1 Å². The third kappa shape index (κ3) is 2.58. The molecule has 0 amide bonds. The normalized spacial score (nSPS) is 12.1. The van der Waals surface area contributed by atoms with E-state index in [2.05, 4.69) is 0 Å². The van der Waals surface area contributed by atoms with Crippen LogP contribution < -0.4 is 5.43 Å². The van der Waals surface area contributed by atoms with Crippen LogP contribution in [0.5, 0.6) is 0 Å².